The number of carbonyl (C=O) groups is 1. The van der Waals surface area contributed by atoms with E-state index >= 15 is 0 Å². The number of hydrogen-bond donors (Lipinski definition) is 0. The molecule has 0 heterocycles. The van der Waals surface area contributed by atoms with Gasteiger partial charge < -0.3 is 4.74 Å². The van der Waals surface area contributed by atoms with Crippen LogP contribution in [0, 0.1) is 5.82 Å². The summed E-state index contributed by atoms with van der Waals surface area (Å²) in [4.78, 5) is 11.3. The van der Waals surface area contributed by atoms with Gasteiger partial charge in [0.1, 0.15) is 17.3 Å². The molecule has 0 N–H and O–H groups in total. The van der Waals surface area contributed by atoms with Gasteiger partial charge in [-0.15, -0.1) is 0 Å². The minimum absolute atomic E-state index is 0.0183. The maximum Gasteiger partial charge on any atom is 0.160 e. The quantitative estimate of drug-likeness (QED) is 0.776. The molecule has 0 unspecified atom stereocenters. The maximum absolute atomic E-state index is 12.7. The second-order valence-corrected chi connectivity index (χ2v) is 4.61. The van der Waals surface area contributed by atoms with Crippen molar-refractivity contribution in [2.75, 3.05) is 0 Å². The molecule has 0 aromatic heterocycles. The highest BCUT2D eigenvalue weighted by Crippen LogP contribution is 2.27. The lowest BCUT2D eigenvalue weighted by Gasteiger charge is -2.07. The molecule has 0 aliphatic heterocycles. The van der Waals surface area contributed by atoms with Crippen molar-refractivity contribution >= 4 is 21.7 Å². The zero-order chi connectivity index (χ0) is 13.1. The zero-order valence-electron chi connectivity index (χ0n) is 9.61. The topological polar surface area (TPSA) is 26.3 Å². The highest BCUT2D eigenvalue weighted by molar-refractivity contribution is 9.10. The van der Waals surface area contributed by atoms with Crippen LogP contribution in [0.3, 0.4) is 0 Å². The number of benzene rings is 2. The summed E-state index contributed by atoms with van der Waals surface area (Å²) in [5, 5.41) is 0. The van der Waals surface area contributed by atoms with Crippen LogP contribution in [0.15, 0.2) is 46.9 Å². The zero-order valence-corrected chi connectivity index (χ0v) is 11.2. The fourth-order valence-corrected chi connectivity index (χ4v) is 2.12. The Bertz CT molecular complexity index is 579. The molecular weight excluding hydrogens is 299 g/mol. The summed E-state index contributed by atoms with van der Waals surface area (Å²) in [6, 6.07) is 10.8. The van der Waals surface area contributed by atoms with Crippen LogP contribution < -0.4 is 4.74 Å². The largest absolute Gasteiger partial charge is 0.457 e. The van der Waals surface area contributed by atoms with Gasteiger partial charge in [-0.2, -0.15) is 0 Å². The van der Waals surface area contributed by atoms with Crippen molar-refractivity contribution in [3.05, 3.63) is 58.3 Å². The lowest BCUT2D eigenvalue weighted by atomic mass is 10.1. The molecule has 2 aromatic carbocycles. The Balaban J connectivity index is 2.22. The minimum atomic E-state index is -0.310. The van der Waals surface area contributed by atoms with Crippen LogP contribution in [-0.2, 0) is 0 Å². The SMILES string of the molecule is CC(=O)c1ccc(Oc2ccc(F)cc2)cc1Br. The first-order valence-corrected chi connectivity index (χ1v) is 6.09. The molecule has 0 saturated carbocycles. The average molecular weight is 309 g/mol. The van der Waals surface area contributed by atoms with Crippen LogP contribution in [0.2, 0.25) is 0 Å². The number of Topliss-reactive ketones (excluding diaryl/α,β-unsaturated/α-hetero) is 1. The van der Waals surface area contributed by atoms with E-state index in [9.17, 15) is 9.18 Å². The summed E-state index contributed by atoms with van der Waals surface area (Å²) in [5.74, 6) is 0.794. The molecule has 0 bridgehead atoms. The number of ether oxygens (including phenoxy) is 1. The van der Waals surface area contributed by atoms with Gasteiger partial charge in [-0.3, -0.25) is 4.79 Å². The van der Waals surface area contributed by atoms with Crippen LogP contribution in [-0.4, -0.2) is 5.78 Å². The fourth-order valence-electron chi connectivity index (χ4n) is 1.48. The molecule has 4 heteroatoms. The third kappa shape index (κ3) is 2.96. The van der Waals surface area contributed by atoms with Crippen molar-refractivity contribution in [1.82, 2.24) is 0 Å². The van der Waals surface area contributed by atoms with Crippen molar-refractivity contribution in [2.24, 2.45) is 0 Å². The Morgan fingerprint density at radius 1 is 1.11 bits per heavy atom. The van der Waals surface area contributed by atoms with Gasteiger partial charge in [-0.05, 0) is 65.3 Å². The Morgan fingerprint density at radius 3 is 2.28 bits per heavy atom. The second-order valence-electron chi connectivity index (χ2n) is 3.75. The van der Waals surface area contributed by atoms with Gasteiger partial charge in [0.2, 0.25) is 0 Å². The normalized spacial score (nSPS) is 10.2. The van der Waals surface area contributed by atoms with Crippen LogP contribution in [0.4, 0.5) is 4.39 Å². The number of carbonyl (C=O) groups excluding carboxylic acids is 1. The molecule has 0 fully saturated rings. The van der Waals surface area contributed by atoms with Gasteiger partial charge >= 0.3 is 0 Å². The predicted octanol–water partition coefficient (Wildman–Crippen LogP) is 4.58. The monoisotopic (exact) mass is 308 g/mol. The van der Waals surface area contributed by atoms with E-state index < -0.39 is 0 Å². The third-order valence-electron chi connectivity index (χ3n) is 2.37. The van der Waals surface area contributed by atoms with Gasteiger partial charge in [-0.1, -0.05) is 0 Å². The molecule has 0 aliphatic rings. The molecule has 0 spiro atoms. The van der Waals surface area contributed by atoms with Gasteiger partial charge in [0.25, 0.3) is 0 Å². The highest BCUT2D eigenvalue weighted by Gasteiger charge is 2.07. The Labute approximate surface area is 113 Å². The highest BCUT2D eigenvalue weighted by atomic mass is 79.9. The van der Waals surface area contributed by atoms with Crippen molar-refractivity contribution in [2.45, 2.75) is 6.92 Å². The molecule has 0 atom stereocenters. The second kappa shape index (κ2) is 5.31. The van der Waals surface area contributed by atoms with E-state index in [4.69, 9.17) is 4.74 Å². The summed E-state index contributed by atoms with van der Waals surface area (Å²) in [5.41, 5.74) is 0.599. The molecular formula is C14H10BrFO2. The summed E-state index contributed by atoms with van der Waals surface area (Å²) >= 11 is 3.31. The van der Waals surface area contributed by atoms with Crippen molar-refractivity contribution in [3.8, 4) is 11.5 Å². The van der Waals surface area contributed by atoms with Crippen LogP contribution in [0.5, 0.6) is 11.5 Å². The molecule has 92 valence electrons. The Kier molecular flexibility index (Phi) is 3.77. The van der Waals surface area contributed by atoms with Gasteiger partial charge in [-0.25, -0.2) is 4.39 Å². The summed E-state index contributed by atoms with van der Waals surface area (Å²) in [6.45, 7) is 1.50. The molecule has 0 saturated heterocycles. The average Bonchev–Trinajstić information content (AvgIpc) is 2.32. The van der Waals surface area contributed by atoms with Gasteiger partial charge in [0.05, 0.1) is 0 Å². The lowest BCUT2D eigenvalue weighted by Crippen LogP contribution is -1.94. The Morgan fingerprint density at radius 2 is 1.72 bits per heavy atom. The first kappa shape index (κ1) is 12.8. The molecule has 0 amide bonds. The van der Waals surface area contributed by atoms with Crippen molar-refractivity contribution in [3.63, 3.8) is 0 Å². The number of rotatable bonds is 3. The van der Waals surface area contributed by atoms with Crippen LogP contribution >= 0.6 is 15.9 Å². The molecule has 0 aliphatic carbocycles. The minimum Gasteiger partial charge on any atom is -0.457 e. The number of hydrogen-bond acceptors (Lipinski definition) is 2. The number of ketones is 1. The smallest absolute Gasteiger partial charge is 0.160 e. The summed E-state index contributed by atoms with van der Waals surface area (Å²) < 4.78 is 18.9. The van der Waals surface area contributed by atoms with E-state index in [0.717, 1.165) is 0 Å². The lowest BCUT2D eigenvalue weighted by molar-refractivity contribution is 0.101. The van der Waals surface area contributed by atoms with E-state index in [1.807, 2.05) is 0 Å². The number of halogens is 2. The van der Waals surface area contributed by atoms with Gasteiger partial charge in [0, 0.05) is 10.0 Å². The molecule has 18 heavy (non-hydrogen) atoms. The van der Waals surface area contributed by atoms with Crippen molar-refractivity contribution < 1.29 is 13.9 Å². The third-order valence-corrected chi connectivity index (χ3v) is 3.03. The van der Waals surface area contributed by atoms with E-state index in [1.54, 1.807) is 30.3 Å². The molecule has 2 rings (SSSR count). The standard InChI is InChI=1S/C14H10BrFO2/c1-9(17)13-7-6-12(8-14(13)15)18-11-4-2-10(16)3-5-11/h2-8H,1H3. The Hall–Kier alpha value is -1.68. The van der Waals surface area contributed by atoms with E-state index in [2.05, 4.69) is 15.9 Å². The van der Waals surface area contributed by atoms with E-state index in [1.165, 1.54) is 19.1 Å². The molecule has 2 aromatic rings. The van der Waals surface area contributed by atoms with Crippen molar-refractivity contribution in [1.29, 1.82) is 0 Å². The van der Waals surface area contributed by atoms with Crippen LogP contribution in [0.25, 0.3) is 0 Å². The predicted molar refractivity (Wildman–Crippen MR) is 70.6 cm³/mol. The first-order chi connectivity index (χ1) is 8.56. The molecule has 2 nitrogen and oxygen atoms in total. The fraction of sp³-hybridized carbons (Fsp3) is 0.0714. The summed E-state index contributed by atoms with van der Waals surface area (Å²) in [7, 11) is 0. The van der Waals surface area contributed by atoms with Crippen LogP contribution in [0.1, 0.15) is 17.3 Å². The maximum atomic E-state index is 12.7. The van der Waals surface area contributed by atoms with Gasteiger partial charge in [0.15, 0.2) is 5.78 Å². The first-order valence-electron chi connectivity index (χ1n) is 5.30. The van der Waals surface area contributed by atoms with E-state index in [-0.39, 0.29) is 11.6 Å². The molecule has 0 radical (unpaired) electrons. The summed E-state index contributed by atoms with van der Waals surface area (Å²) in [6.07, 6.45) is 0. The van der Waals surface area contributed by atoms with E-state index in [0.29, 0.717) is 21.5 Å².